The fraction of sp³-hybridized carbons (Fsp3) is 0.364. The van der Waals surface area contributed by atoms with Crippen LogP contribution in [0.5, 0.6) is 0 Å². The van der Waals surface area contributed by atoms with Crippen LogP contribution in [0.4, 0.5) is 4.39 Å². The highest BCUT2D eigenvalue weighted by atomic mass is 79.9. The predicted molar refractivity (Wildman–Crippen MR) is 69.0 cm³/mol. The average molecular weight is 352 g/mol. The number of hydrogen-bond acceptors (Lipinski definition) is 3. The Bertz CT molecular complexity index is 628. The van der Waals surface area contributed by atoms with Crippen molar-refractivity contribution in [3.8, 4) is 0 Å². The van der Waals surface area contributed by atoms with Crippen molar-refractivity contribution in [2.45, 2.75) is 17.7 Å². The Kier molecular flexibility index (Phi) is 3.93. The fourth-order valence-electron chi connectivity index (χ4n) is 1.54. The first kappa shape index (κ1) is 14.4. The summed E-state index contributed by atoms with van der Waals surface area (Å²) in [4.78, 5) is 10.2. The molecule has 0 amide bonds. The summed E-state index contributed by atoms with van der Waals surface area (Å²) in [6.45, 7) is 0.247. The number of sulfonamides is 1. The standard InChI is InChI=1S/C11H11BrFNO4S/c12-7-3-8(11(15)16)10(13)9(4-7)19(17,18)14-5-6-1-2-6/h3-4,6,14H,1-2,5H2,(H,15,16). The largest absolute Gasteiger partial charge is 0.478 e. The Morgan fingerprint density at radius 3 is 2.63 bits per heavy atom. The van der Waals surface area contributed by atoms with Gasteiger partial charge in [0.25, 0.3) is 0 Å². The lowest BCUT2D eigenvalue weighted by Crippen LogP contribution is -2.27. The third-order valence-corrected chi connectivity index (χ3v) is 4.66. The molecule has 1 aromatic carbocycles. The van der Waals surface area contributed by atoms with Crippen LogP contribution >= 0.6 is 15.9 Å². The van der Waals surface area contributed by atoms with Gasteiger partial charge in [0, 0.05) is 11.0 Å². The number of carbonyl (C=O) groups is 1. The van der Waals surface area contributed by atoms with Crippen molar-refractivity contribution < 1.29 is 22.7 Å². The molecule has 0 aromatic heterocycles. The molecular formula is C11H11BrFNO4S. The smallest absolute Gasteiger partial charge is 0.338 e. The van der Waals surface area contributed by atoms with E-state index in [-0.39, 0.29) is 11.0 Å². The summed E-state index contributed by atoms with van der Waals surface area (Å²) in [5.41, 5.74) is -0.679. The summed E-state index contributed by atoms with van der Waals surface area (Å²) >= 11 is 2.98. The van der Waals surface area contributed by atoms with Gasteiger partial charge in [-0.2, -0.15) is 0 Å². The lowest BCUT2D eigenvalue weighted by molar-refractivity contribution is 0.0691. The Morgan fingerprint density at radius 2 is 2.11 bits per heavy atom. The molecule has 5 nitrogen and oxygen atoms in total. The van der Waals surface area contributed by atoms with Crippen molar-refractivity contribution in [2.24, 2.45) is 5.92 Å². The van der Waals surface area contributed by atoms with Gasteiger partial charge < -0.3 is 5.11 Å². The van der Waals surface area contributed by atoms with Crippen molar-refractivity contribution in [1.29, 1.82) is 0 Å². The number of aromatic carboxylic acids is 1. The molecule has 1 saturated carbocycles. The van der Waals surface area contributed by atoms with Crippen LogP contribution in [0.3, 0.4) is 0 Å². The maximum absolute atomic E-state index is 13.9. The highest BCUT2D eigenvalue weighted by Gasteiger charge is 2.28. The van der Waals surface area contributed by atoms with Crippen molar-refractivity contribution in [2.75, 3.05) is 6.54 Å². The third kappa shape index (κ3) is 3.31. The highest BCUT2D eigenvalue weighted by molar-refractivity contribution is 9.10. The number of carboxylic acid groups (broad SMARTS) is 1. The minimum absolute atomic E-state index is 0.193. The molecule has 0 heterocycles. The number of halogens is 2. The molecule has 0 saturated heterocycles. The summed E-state index contributed by atoms with van der Waals surface area (Å²) in [5, 5.41) is 8.83. The van der Waals surface area contributed by atoms with Gasteiger partial charge in [-0.05, 0) is 30.9 Å². The number of rotatable bonds is 5. The number of hydrogen-bond donors (Lipinski definition) is 2. The second kappa shape index (κ2) is 5.18. The molecule has 1 aromatic rings. The van der Waals surface area contributed by atoms with E-state index in [1.165, 1.54) is 0 Å². The van der Waals surface area contributed by atoms with Crippen LogP contribution in [-0.2, 0) is 10.0 Å². The molecule has 2 rings (SSSR count). The number of benzene rings is 1. The van der Waals surface area contributed by atoms with E-state index < -0.39 is 32.3 Å². The normalized spacial score (nSPS) is 15.5. The van der Waals surface area contributed by atoms with Gasteiger partial charge in [-0.1, -0.05) is 15.9 Å². The first-order valence-corrected chi connectivity index (χ1v) is 7.81. The van der Waals surface area contributed by atoms with Crippen LogP contribution < -0.4 is 4.72 Å². The van der Waals surface area contributed by atoms with E-state index in [1.807, 2.05) is 0 Å². The van der Waals surface area contributed by atoms with Crippen molar-refractivity contribution in [3.05, 3.63) is 28.0 Å². The molecule has 1 aliphatic rings. The molecule has 1 fully saturated rings. The van der Waals surface area contributed by atoms with Gasteiger partial charge in [0.05, 0.1) is 5.56 Å². The molecule has 0 radical (unpaired) electrons. The fourth-order valence-corrected chi connectivity index (χ4v) is 3.39. The van der Waals surface area contributed by atoms with E-state index >= 15 is 0 Å². The topological polar surface area (TPSA) is 83.5 Å². The zero-order valence-electron chi connectivity index (χ0n) is 9.69. The summed E-state index contributed by atoms with van der Waals surface area (Å²) in [5.74, 6) is -2.47. The summed E-state index contributed by atoms with van der Waals surface area (Å²) in [6, 6.07) is 2.08. The van der Waals surface area contributed by atoms with Crippen LogP contribution in [0, 0.1) is 11.7 Å². The van der Waals surface area contributed by atoms with E-state index in [4.69, 9.17) is 5.11 Å². The van der Waals surface area contributed by atoms with Gasteiger partial charge in [0.2, 0.25) is 10.0 Å². The second-order valence-electron chi connectivity index (χ2n) is 4.37. The molecule has 104 valence electrons. The van der Waals surface area contributed by atoms with Gasteiger partial charge in [-0.15, -0.1) is 0 Å². The lowest BCUT2D eigenvalue weighted by atomic mass is 10.2. The maximum atomic E-state index is 13.9. The van der Waals surface area contributed by atoms with Gasteiger partial charge >= 0.3 is 5.97 Å². The van der Waals surface area contributed by atoms with Gasteiger partial charge in [-0.3, -0.25) is 0 Å². The average Bonchev–Trinajstić information content (AvgIpc) is 3.12. The van der Waals surface area contributed by atoms with Crippen molar-refractivity contribution >= 4 is 31.9 Å². The molecule has 1 aliphatic carbocycles. The van der Waals surface area contributed by atoms with E-state index in [2.05, 4.69) is 20.7 Å². The molecule has 0 unspecified atom stereocenters. The Hall–Kier alpha value is -0.990. The first-order valence-electron chi connectivity index (χ1n) is 5.53. The minimum atomic E-state index is -4.04. The van der Waals surface area contributed by atoms with E-state index in [9.17, 15) is 17.6 Å². The molecule has 8 heteroatoms. The van der Waals surface area contributed by atoms with E-state index in [0.29, 0.717) is 5.92 Å². The monoisotopic (exact) mass is 351 g/mol. The zero-order valence-corrected chi connectivity index (χ0v) is 12.1. The molecule has 0 aliphatic heterocycles. The number of nitrogens with one attached hydrogen (secondary N) is 1. The molecule has 19 heavy (non-hydrogen) atoms. The molecule has 0 atom stereocenters. The van der Waals surface area contributed by atoms with E-state index in [1.54, 1.807) is 0 Å². The minimum Gasteiger partial charge on any atom is -0.478 e. The predicted octanol–water partition coefficient (Wildman–Crippen LogP) is 1.97. The Balaban J connectivity index is 2.39. The summed E-state index contributed by atoms with van der Waals surface area (Å²) < 4.78 is 40.3. The van der Waals surface area contributed by atoms with Gasteiger partial charge in [-0.25, -0.2) is 22.3 Å². The number of carboxylic acids is 1. The summed E-state index contributed by atoms with van der Waals surface area (Å²) in [6.07, 6.45) is 1.90. The van der Waals surface area contributed by atoms with Crippen LogP contribution in [0.1, 0.15) is 23.2 Å². The maximum Gasteiger partial charge on any atom is 0.338 e. The zero-order chi connectivity index (χ0) is 14.2. The van der Waals surface area contributed by atoms with Crippen LogP contribution in [0.2, 0.25) is 0 Å². The Labute approximate surface area is 118 Å². The first-order chi connectivity index (χ1) is 8.81. The molecule has 0 bridgehead atoms. The molecule has 2 N–H and O–H groups in total. The van der Waals surface area contributed by atoms with E-state index in [0.717, 1.165) is 25.0 Å². The summed E-state index contributed by atoms with van der Waals surface area (Å²) in [7, 11) is -4.04. The highest BCUT2D eigenvalue weighted by Crippen LogP contribution is 2.29. The van der Waals surface area contributed by atoms with Crippen LogP contribution in [-0.4, -0.2) is 26.0 Å². The van der Waals surface area contributed by atoms with Crippen molar-refractivity contribution in [3.63, 3.8) is 0 Å². The van der Waals surface area contributed by atoms with Crippen molar-refractivity contribution in [1.82, 2.24) is 4.72 Å². The quantitative estimate of drug-likeness (QED) is 0.849. The third-order valence-electron chi connectivity index (χ3n) is 2.78. The second-order valence-corrected chi connectivity index (χ2v) is 7.02. The molecule has 0 spiro atoms. The lowest BCUT2D eigenvalue weighted by Gasteiger charge is -2.09. The molecular weight excluding hydrogens is 341 g/mol. The van der Waals surface area contributed by atoms with Crippen LogP contribution in [0.15, 0.2) is 21.5 Å². The Morgan fingerprint density at radius 1 is 1.47 bits per heavy atom. The van der Waals surface area contributed by atoms with Gasteiger partial charge in [0.1, 0.15) is 4.90 Å². The van der Waals surface area contributed by atoms with Crippen LogP contribution in [0.25, 0.3) is 0 Å². The van der Waals surface area contributed by atoms with Gasteiger partial charge in [0.15, 0.2) is 5.82 Å². The SMILES string of the molecule is O=C(O)c1cc(Br)cc(S(=O)(=O)NCC2CC2)c1F.